The van der Waals surface area contributed by atoms with Gasteiger partial charge in [0.15, 0.2) is 0 Å². The number of fused-ring (bicyclic) bond motifs is 14. The van der Waals surface area contributed by atoms with E-state index in [1.807, 2.05) is 0 Å². The molecule has 0 fully saturated rings. The van der Waals surface area contributed by atoms with Crippen molar-refractivity contribution in [2.75, 3.05) is 9.71 Å². The van der Waals surface area contributed by atoms with Gasteiger partial charge in [0.1, 0.15) is 11.2 Å². The van der Waals surface area contributed by atoms with Crippen LogP contribution in [0.15, 0.2) is 162 Å². The van der Waals surface area contributed by atoms with Crippen molar-refractivity contribution in [3.8, 4) is 22.3 Å². The van der Waals surface area contributed by atoms with Gasteiger partial charge in [0.25, 0.3) is 0 Å². The lowest BCUT2D eigenvalue weighted by Gasteiger charge is -2.48. The highest BCUT2D eigenvalue weighted by molar-refractivity contribution is 6.94. The van der Waals surface area contributed by atoms with Crippen LogP contribution in [0.5, 0.6) is 0 Å². The summed E-state index contributed by atoms with van der Waals surface area (Å²) in [5, 5.41) is 2.28. The molecule has 0 N–H and O–H groups in total. The second kappa shape index (κ2) is 19.5. The van der Waals surface area contributed by atoms with Crippen LogP contribution in [0, 0.1) is 6.92 Å². The van der Waals surface area contributed by atoms with Crippen molar-refractivity contribution < 1.29 is 4.42 Å². The van der Waals surface area contributed by atoms with Crippen LogP contribution >= 0.6 is 0 Å². The lowest BCUT2D eigenvalue weighted by atomic mass is 9.41. The van der Waals surface area contributed by atoms with Gasteiger partial charge in [0, 0.05) is 61.7 Å². The van der Waals surface area contributed by atoms with Gasteiger partial charge >= 0.3 is 6.85 Å². The SMILES string of the molecule is Cc1cc2c(cc1N1c3ccc4c(c3B3c5c1cc1c(oc6ccccc61)c5-c1ccc(C(c5ccc(C(C)(C)C)cc5)c5ccc(C(C)(C)C)cc5)cc1N3c1ccc(C(C)(C)C)cc1)C(C)(C)c1cc3c(cc1-4)C(C)(C)CCC3(C)C)C(C)(C)CCC2(C)C. The fourth-order valence-corrected chi connectivity index (χ4v) is 17.4. The molecule has 91 heavy (non-hydrogen) atoms. The summed E-state index contributed by atoms with van der Waals surface area (Å²) >= 11 is 0. The zero-order valence-electron chi connectivity index (χ0n) is 58.3. The molecule has 0 bridgehead atoms. The Bertz CT molecular complexity index is 4610. The maximum Gasteiger partial charge on any atom is 0.333 e. The maximum atomic E-state index is 7.49. The number of hydrogen-bond donors (Lipinski definition) is 0. The number of nitrogens with zero attached hydrogens (tertiary/aromatic N) is 2. The van der Waals surface area contributed by atoms with E-state index in [1.165, 1.54) is 153 Å². The highest BCUT2D eigenvalue weighted by Crippen LogP contribution is 2.59. The molecule has 15 rings (SSSR count). The molecular weight excluding hydrogens is 1100 g/mol. The highest BCUT2D eigenvalue weighted by atomic mass is 16.3. The monoisotopic (exact) mass is 1190 g/mol. The minimum Gasteiger partial charge on any atom is -0.455 e. The average Bonchev–Trinajstić information content (AvgIpc) is 1.65. The van der Waals surface area contributed by atoms with Crippen molar-refractivity contribution in [1.29, 1.82) is 0 Å². The zero-order valence-corrected chi connectivity index (χ0v) is 58.3. The van der Waals surface area contributed by atoms with E-state index >= 15 is 0 Å². The van der Waals surface area contributed by atoms with Crippen LogP contribution in [-0.2, 0) is 43.3 Å². The molecule has 9 aromatic carbocycles. The standard InChI is InChI=1S/C87H95BN2O/c1-51-45-65-68(86(17,18)44-41-83(65,11)12)50-70(51)89-69-40-39-60-62-47-66-67(85(15,16)43-42-84(66,13)14)49-64(62)87(19,20)76(60)78(69)88-77-72(89)48-63-59-23-21-22-24-73(59)91-79(63)75(77)61-38-29-54(46-71(61)90(88)58-36-34-57(35-37-58)82(8,9)10)74(52-25-30-55(31-26-52)80(2,3)4)53-27-32-56(33-28-53)81(5,6)7/h21-40,45-50,74H,41-44H2,1-20H3. The summed E-state index contributed by atoms with van der Waals surface area (Å²) < 4.78 is 7.49. The van der Waals surface area contributed by atoms with Crippen molar-refractivity contribution in [1.82, 2.24) is 0 Å². The van der Waals surface area contributed by atoms with Gasteiger partial charge in [-0.2, -0.15) is 0 Å². The van der Waals surface area contributed by atoms with E-state index < -0.39 is 0 Å². The number of para-hydroxylation sites is 1. The molecule has 10 aromatic rings. The van der Waals surface area contributed by atoms with Crippen LogP contribution in [0.2, 0.25) is 0 Å². The predicted octanol–water partition coefficient (Wildman–Crippen LogP) is 22.7. The molecule has 0 atom stereocenters. The average molecular weight is 1200 g/mol. The summed E-state index contributed by atoms with van der Waals surface area (Å²) in [6.45, 7) is 48.1. The van der Waals surface area contributed by atoms with Gasteiger partial charge in [-0.1, -0.05) is 241 Å². The molecule has 3 aliphatic carbocycles. The number of furan rings is 1. The van der Waals surface area contributed by atoms with E-state index in [4.69, 9.17) is 4.42 Å². The first kappa shape index (κ1) is 59.7. The molecule has 3 heterocycles. The number of anilines is 5. The minimum absolute atomic E-state index is 0.00534. The van der Waals surface area contributed by atoms with E-state index in [-0.39, 0.29) is 56.1 Å². The Kier molecular flexibility index (Phi) is 12.8. The third-order valence-electron chi connectivity index (χ3n) is 23.3. The lowest BCUT2D eigenvalue weighted by Crippen LogP contribution is -2.63. The van der Waals surface area contributed by atoms with E-state index in [0.29, 0.717) is 0 Å². The largest absolute Gasteiger partial charge is 0.455 e. The Morgan fingerprint density at radius 1 is 0.418 bits per heavy atom. The maximum absolute atomic E-state index is 7.49. The molecule has 0 spiro atoms. The second-order valence-electron chi connectivity index (χ2n) is 34.7. The molecule has 0 saturated heterocycles. The van der Waals surface area contributed by atoms with E-state index in [9.17, 15) is 0 Å². The number of aryl methyl sites for hydroxylation is 1. The Morgan fingerprint density at radius 3 is 1.47 bits per heavy atom. The molecule has 2 aliphatic heterocycles. The number of rotatable bonds is 5. The van der Waals surface area contributed by atoms with Crippen LogP contribution < -0.4 is 20.6 Å². The minimum atomic E-state index is -0.375. The van der Waals surface area contributed by atoms with Gasteiger partial charge in [0.2, 0.25) is 0 Å². The van der Waals surface area contributed by atoms with E-state index in [2.05, 4.69) is 306 Å². The Labute approximate surface area is 544 Å². The van der Waals surface area contributed by atoms with Gasteiger partial charge in [-0.15, -0.1) is 0 Å². The fourth-order valence-electron chi connectivity index (χ4n) is 17.4. The summed E-state index contributed by atoms with van der Waals surface area (Å²) in [7, 11) is 0. The molecule has 5 aliphatic rings. The summed E-state index contributed by atoms with van der Waals surface area (Å²) in [5.41, 5.74) is 33.5. The first-order valence-corrected chi connectivity index (χ1v) is 34.2. The smallest absolute Gasteiger partial charge is 0.333 e. The van der Waals surface area contributed by atoms with Crippen LogP contribution in [0.25, 0.3) is 44.2 Å². The van der Waals surface area contributed by atoms with Crippen molar-refractivity contribution >= 4 is 68.1 Å². The Morgan fingerprint density at radius 2 is 0.912 bits per heavy atom. The third-order valence-corrected chi connectivity index (χ3v) is 23.3. The fraction of sp³-hybridized carbons (Fsp3) is 0.379. The topological polar surface area (TPSA) is 19.6 Å². The van der Waals surface area contributed by atoms with E-state index in [0.717, 1.165) is 28.4 Å². The quantitative estimate of drug-likeness (QED) is 0.126. The Balaban J connectivity index is 1.09. The van der Waals surface area contributed by atoms with Crippen molar-refractivity contribution in [3.63, 3.8) is 0 Å². The molecule has 0 unspecified atom stereocenters. The predicted molar refractivity (Wildman–Crippen MR) is 390 cm³/mol. The van der Waals surface area contributed by atoms with Crippen LogP contribution in [0.4, 0.5) is 28.4 Å². The van der Waals surface area contributed by atoms with Gasteiger partial charge < -0.3 is 14.1 Å². The summed E-state index contributed by atoms with van der Waals surface area (Å²) in [5.74, 6) is -0.0510. The Hall–Kier alpha value is -7.56. The van der Waals surface area contributed by atoms with Gasteiger partial charge in [-0.25, -0.2) is 0 Å². The van der Waals surface area contributed by atoms with Crippen LogP contribution in [-0.4, -0.2) is 6.85 Å². The first-order chi connectivity index (χ1) is 42.7. The molecule has 462 valence electrons. The molecular formula is C87H95BN2O. The summed E-state index contributed by atoms with van der Waals surface area (Å²) in [6.07, 6.45) is 4.65. The second-order valence-corrected chi connectivity index (χ2v) is 34.7. The highest BCUT2D eigenvalue weighted by Gasteiger charge is 2.53. The van der Waals surface area contributed by atoms with E-state index in [1.54, 1.807) is 0 Å². The van der Waals surface area contributed by atoms with Crippen LogP contribution in [0.1, 0.15) is 235 Å². The lowest BCUT2D eigenvalue weighted by molar-refractivity contribution is 0.331. The number of hydrogen-bond acceptors (Lipinski definition) is 3. The molecule has 0 radical (unpaired) electrons. The van der Waals surface area contributed by atoms with Crippen LogP contribution in [0.3, 0.4) is 0 Å². The first-order valence-electron chi connectivity index (χ1n) is 34.2. The molecule has 1 aromatic heterocycles. The van der Waals surface area contributed by atoms with Crippen molar-refractivity contribution in [2.45, 2.75) is 213 Å². The molecule has 4 heteroatoms. The normalized spacial score (nSPS) is 18.0. The molecule has 0 amide bonds. The van der Waals surface area contributed by atoms with Crippen molar-refractivity contribution in [2.24, 2.45) is 0 Å². The van der Waals surface area contributed by atoms with Gasteiger partial charge in [-0.05, 0) is 213 Å². The zero-order chi connectivity index (χ0) is 64.4. The van der Waals surface area contributed by atoms with Gasteiger partial charge in [-0.3, -0.25) is 0 Å². The summed E-state index contributed by atoms with van der Waals surface area (Å²) in [6, 6.07) is 63.3. The third kappa shape index (κ3) is 9.00. The number of benzene rings is 9. The van der Waals surface area contributed by atoms with Gasteiger partial charge in [0.05, 0.1) is 0 Å². The summed E-state index contributed by atoms with van der Waals surface area (Å²) in [4.78, 5) is 5.54. The molecule has 3 nitrogen and oxygen atoms in total. The molecule has 0 saturated carbocycles. The van der Waals surface area contributed by atoms with Crippen molar-refractivity contribution in [3.05, 3.63) is 230 Å².